The summed E-state index contributed by atoms with van der Waals surface area (Å²) in [5, 5.41) is 0. The monoisotopic (exact) mass is 360 g/mol. The van der Waals surface area contributed by atoms with Crippen LogP contribution in [0.5, 0.6) is 0 Å². The molecule has 0 unspecified atom stereocenters. The zero-order chi connectivity index (χ0) is 18.5. The molecule has 2 fully saturated rings. The first-order chi connectivity index (χ1) is 12.3. The number of hydrogen-bond acceptors (Lipinski definition) is 4. The summed E-state index contributed by atoms with van der Waals surface area (Å²) in [5.41, 5.74) is 1.20. The van der Waals surface area contributed by atoms with Gasteiger partial charge >= 0.3 is 5.97 Å². The first-order valence-electron chi connectivity index (χ1n) is 9.88. The van der Waals surface area contributed by atoms with Crippen molar-refractivity contribution in [3.05, 3.63) is 29.1 Å². The van der Waals surface area contributed by atoms with Gasteiger partial charge in [-0.25, -0.2) is 9.18 Å². The maximum atomic E-state index is 15.1. The molecule has 2 heterocycles. The molecule has 5 heteroatoms. The summed E-state index contributed by atoms with van der Waals surface area (Å²) in [5.74, 6) is -0.625. The zero-order valence-electron chi connectivity index (χ0n) is 16.1. The number of carbonyl (C=O) groups excluding carboxylic acids is 1. The lowest BCUT2D eigenvalue weighted by Crippen LogP contribution is -2.53. The van der Waals surface area contributed by atoms with Gasteiger partial charge in [-0.1, -0.05) is 6.42 Å². The molecule has 1 saturated heterocycles. The van der Waals surface area contributed by atoms with E-state index in [1.54, 1.807) is 6.07 Å². The lowest BCUT2D eigenvalue weighted by molar-refractivity contribution is -0.0294. The molecule has 0 bridgehead atoms. The van der Waals surface area contributed by atoms with E-state index in [0.29, 0.717) is 11.1 Å². The summed E-state index contributed by atoms with van der Waals surface area (Å²) >= 11 is 0. The van der Waals surface area contributed by atoms with E-state index in [9.17, 15) is 4.79 Å². The second-order valence-corrected chi connectivity index (χ2v) is 8.94. The Kier molecular flexibility index (Phi) is 4.25. The zero-order valence-corrected chi connectivity index (χ0v) is 16.1. The van der Waals surface area contributed by atoms with Gasteiger partial charge in [0.05, 0.1) is 5.56 Å². The number of rotatable bonds is 1. The van der Waals surface area contributed by atoms with Crippen LogP contribution in [0.4, 0.5) is 10.1 Å². The molecule has 142 valence electrons. The molecule has 1 aromatic rings. The fraction of sp³-hybridized carbons (Fsp3) is 0.667. The Morgan fingerprint density at radius 3 is 2.31 bits per heavy atom. The van der Waals surface area contributed by atoms with Gasteiger partial charge in [-0.3, -0.25) is 4.90 Å². The van der Waals surface area contributed by atoms with Crippen molar-refractivity contribution in [2.24, 2.45) is 0 Å². The number of carbonyl (C=O) groups is 1. The summed E-state index contributed by atoms with van der Waals surface area (Å²) in [4.78, 5) is 17.1. The summed E-state index contributed by atoms with van der Waals surface area (Å²) in [7, 11) is 0. The molecule has 3 aliphatic rings. The molecular formula is C21H29FN2O2. The van der Waals surface area contributed by atoms with Crippen molar-refractivity contribution in [3.8, 4) is 0 Å². The third-order valence-corrected chi connectivity index (χ3v) is 6.29. The average Bonchev–Trinajstić information content (AvgIpc) is 2.87. The van der Waals surface area contributed by atoms with Gasteiger partial charge in [-0.2, -0.15) is 0 Å². The van der Waals surface area contributed by atoms with Crippen LogP contribution in [0.3, 0.4) is 0 Å². The largest absolute Gasteiger partial charge is 0.450 e. The van der Waals surface area contributed by atoms with Crippen LogP contribution in [0.15, 0.2) is 12.1 Å². The maximum absolute atomic E-state index is 15.1. The quantitative estimate of drug-likeness (QED) is 0.707. The molecule has 0 aromatic heterocycles. The fourth-order valence-corrected chi connectivity index (χ4v) is 4.79. The second kappa shape index (κ2) is 6.22. The highest BCUT2D eigenvalue weighted by Gasteiger charge is 2.48. The molecule has 0 amide bonds. The van der Waals surface area contributed by atoms with Crippen LogP contribution in [0.1, 0.15) is 68.8 Å². The third-order valence-electron chi connectivity index (χ3n) is 6.29. The minimum Gasteiger partial charge on any atom is -0.450 e. The minimum atomic E-state index is -0.710. The Bertz CT molecular complexity index is 711. The van der Waals surface area contributed by atoms with Crippen LogP contribution in [-0.4, -0.2) is 42.6 Å². The van der Waals surface area contributed by atoms with Crippen LogP contribution >= 0.6 is 0 Å². The van der Waals surface area contributed by atoms with E-state index < -0.39 is 5.60 Å². The van der Waals surface area contributed by atoms with E-state index in [2.05, 4.69) is 30.6 Å². The van der Waals surface area contributed by atoms with Gasteiger partial charge in [0.2, 0.25) is 0 Å². The maximum Gasteiger partial charge on any atom is 0.339 e. The van der Waals surface area contributed by atoms with E-state index in [4.69, 9.17) is 4.74 Å². The highest BCUT2D eigenvalue weighted by atomic mass is 19.1. The average molecular weight is 360 g/mol. The molecule has 1 aromatic carbocycles. The van der Waals surface area contributed by atoms with Crippen LogP contribution < -0.4 is 4.90 Å². The molecule has 2 aliphatic heterocycles. The molecule has 1 aliphatic carbocycles. The molecule has 0 N–H and O–H groups in total. The van der Waals surface area contributed by atoms with Gasteiger partial charge in [0.25, 0.3) is 0 Å². The number of ether oxygens (including phenoxy) is 1. The third kappa shape index (κ3) is 2.90. The number of esters is 1. The van der Waals surface area contributed by atoms with Gasteiger partial charge in [-0.15, -0.1) is 0 Å². The van der Waals surface area contributed by atoms with Gasteiger partial charge < -0.3 is 9.64 Å². The van der Waals surface area contributed by atoms with E-state index in [1.807, 2.05) is 6.07 Å². The summed E-state index contributed by atoms with van der Waals surface area (Å²) in [6, 6.07) is 3.47. The van der Waals surface area contributed by atoms with Crippen molar-refractivity contribution in [1.29, 1.82) is 0 Å². The number of hydrogen-bond donors (Lipinski definition) is 0. The predicted molar refractivity (Wildman–Crippen MR) is 100 cm³/mol. The Morgan fingerprint density at radius 1 is 1.04 bits per heavy atom. The number of piperazine rings is 1. The van der Waals surface area contributed by atoms with E-state index in [1.165, 1.54) is 0 Å². The van der Waals surface area contributed by atoms with Crippen LogP contribution in [0, 0.1) is 5.82 Å². The Balaban J connectivity index is 1.61. The number of halogens is 1. The van der Waals surface area contributed by atoms with Crippen LogP contribution in [0.25, 0.3) is 0 Å². The topological polar surface area (TPSA) is 32.8 Å². The number of nitrogens with zero attached hydrogens (tertiary/aromatic N) is 2. The predicted octanol–water partition coefficient (Wildman–Crippen LogP) is 4.08. The SMILES string of the molecule is CC(C)(C)N1CCN(c2cc(F)c3c(c2)C(=O)OC32CCCCC2)CC1. The normalized spacial score (nSPS) is 23.2. The molecule has 4 nitrogen and oxygen atoms in total. The van der Waals surface area contributed by atoms with E-state index in [0.717, 1.165) is 64.0 Å². The molecule has 0 radical (unpaired) electrons. The first kappa shape index (κ1) is 17.8. The molecule has 1 saturated carbocycles. The molecular weight excluding hydrogens is 331 g/mol. The van der Waals surface area contributed by atoms with Gasteiger partial charge in [0.1, 0.15) is 11.4 Å². The van der Waals surface area contributed by atoms with Gasteiger partial charge in [-0.05, 0) is 58.6 Å². The highest BCUT2D eigenvalue weighted by molar-refractivity contribution is 5.96. The Labute approximate surface area is 155 Å². The molecule has 1 spiro atoms. The summed E-state index contributed by atoms with van der Waals surface area (Å²) < 4.78 is 20.8. The Morgan fingerprint density at radius 2 is 1.69 bits per heavy atom. The van der Waals surface area contributed by atoms with E-state index >= 15 is 4.39 Å². The number of anilines is 1. The van der Waals surface area contributed by atoms with Crippen molar-refractivity contribution >= 4 is 11.7 Å². The summed E-state index contributed by atoms with van der Waals surface area (Å²) in [6.07, 6.45) is 4.59. The molecule has 4 rings (SSSR count). The van der Waals surface area contributed by atoms with Crippen molar-refractivity contribution in [2.75, 3.05) is 31.1 Å². The smallest absolute Gasteiger partial charge is 0.339 e. The summed E-state index contributed by atoms with van der Waals surface area (Å²) in [6.45, 7) is 10.2. The van der Waals surface area contributed by atoms with Crippen LogP contribution in [0.2, 0.25) is 0 Å². The Hall–Kier alpha value is -1.62. The number of benzene rings is 1. The van der Waals surface area contributed by atoms with Crippen molar-refractivity contribution in [3.63, 3.8) is 0 Å². The highest BCUT2D eigenvalue weighted by Crippen LogP contribution is 2.48. The minimum absolute atomic E-state index is 0.145. The fourth-order valence-electron chi connectivity index (χ4n) is 4.79. The van der Waals surface area contributed by atoms with Gasteiger partial charge in [0.15, 0.2) is 0 Å². The van der Waals surface area contributed by atoms with Gasteiger partial charge in [0, 0.05) is 43.0 Å². The lowest BCUT2D eigenvalue weighted by atomic mass is 9.79. The standard InChI is InChI=1S/C21H29FN2O2/c1-20(2,3)24-11-9-23(10-12-24)15-13-16-18(17(22)14-15)21(26-19(16)25)7-5-4-6-8-21/h13-14H,4-12H2,1-3H3. The van der Waals surface area contributed by atoms with Crippen molar-refractivity contribution < 1.29 is 13.9 Å². The molecule has 0 atom stereocenters. The van der Waals surface area contributed by atoms with Crippen molar-refractivity contribution in [1.82, 2.24) is 4.90 Å². The van der Waals surface area contributed by atoms with Crippen molar-refractivity contribution in [2.45, 2.75) is 64.0 Å². The molecule has 26 heavy (non-hydrogen) atoms. The lowest BCUT2D eigenvalue weighted by Gasteiger charge is -2.43. The first-order valence-corrected chi connectivity index (χ1v) is 9.88. The van der Waals surface area contributed by atoms with Crippen LogP contribution in [-0.2, 0) is 10.3 Å². The van der Waals surface area contributed by atoms with E-state index in [-0.39, 0.29) is 17.3 Å². The number of fused-ring (bicyclic) bond motifs is 2. The second-order valence-electron chi connectivity index (χ2n) is 8.94.